The zero-order valence-corrected chi connectivity index (χ0v) is 13.7. The third-order valence-electron chi connectivity index (χ3n) is 5.19. The highest BCUT2D eigenvalue weighted by atomic mass is 16.5. The standard InChI is InChI=1S/C19H30O2/c1-14(2)16-7-9-17(10-8-16)19(20)13-6-15-4-11-18(21-3)12-5-15/h4-5,11-12,14,16-17,19-20H,6-10,13H2,1-3H3. The first-order chi connectivity index (χ1) is 10.1. The van der Waals surface area contributed by atoms with Gasteiger partial charge in [-0.15, -0.1) is 0 Å². The fourth-order valence-electron chi connectivity index (χ4n) is 3.54. The van der Waals surface area contributed by atoms with E-state index in [-0.39, 0.29) is 6.10 Å². The summed E-state index contributed by atoms with van der Waals surface area (Å²) in [6, 6.07) is 8.19. The molecule has 1 aliphatic rings. The van der Waals surface area contributed by atoms with Crippen LogP contribution in [0.3, 0.4) is 0 Å². The molecule has 1 unspecified atom stereocenters. The number of rotatable bonds is 6. The summed E-state index contributed by atoms with van der Waals surface area (Å²) in [5.74, 6) is 3.07. The Kier molecular flexibility index (Phi) is 6.10. The first-order valence-corrected chi connectivity index (χ1v) is 8.41. The summed E-state index contributed by atoms with van der Waals surface area (Å²) < 4.78 is 5.17. The zero-order chi connectivity index (χ0) is 15.2. The minimum absolute atomic E-state index is 0.139. The Morgan fingerprint density at radius 1 is 1.05 bits per heavy atom. The molecule has 2 heteroatoms. The van der Waals surface area contributed by atoms with E-state index in [1.54, 1.807) is 7.11 Å². The minimum Gasteiger partial charge on any atom is -0.497 e. The minimum atomic E-state index is -0.139. The Balaban J connectivity index is 1.75. The van der Waals surface area contributed by atoms with Crippen LogP contribution in [0.5, 0.6) is 5.75 Å². The van der Waals surface area contributed by atoms with E-state index in [2.05, 4.69) is 26.0 Å². The van der Waals surface area contributed by atoms with E-state index in [4.69, 9.17) is 4.74 Å². The molecule has 1 aromatic rings. The van der Waals surface area contributed by atoms with Gasteiger partial charge < -0.3 is 9.84 Å². The van der Waals surface area contributed by atoms with Crippen molar-refractivity contribution in [1.29, 1.82) is 0 Å². The molecule has 0 saturated heterocycles. The third-order valence-corrected chi connectivity index (χ3v) is 5.19. The normalized spacial score (nSPS) is 24.0. The summed E-state index contributed by atoms with van der Waals surface area (Å²) in [4.78, 5) is 0. The van der Waals surface area contributed by atoms with Crippen LogP contribution in [0.4, 0.5) is 0 Å². The maximum absolute atomic E-state index is 10.4. The summed E-state index contributed by atoms with van der Waals surface area (Å²) in [6.07, 6.45) is 6.68. The van der Waals surface area contributed by atoms with E-state index in [1.165, 1.54) is 31.2 Å². The van der Waals surface area contributed by atoms with Crippen molar-refractivity contribution in [3.63, 3.8) is 0 Å². The molecule has 1 N–H and O–H groups in total. The summed E-state index contributed by atoms with van der Waals surface area (Å²) in [5.41, 5.74) is 1.28. The number of aliphatic hydroxyl groups excluding tert-OH is 1. The van der Waals surface area contributed by atoms with Crippen molar-refractivity contribution in [2.45, 2.75) is 58.5 Å². The lowest BCUT2D eigenvalue weighted by molar-refractivity contribution is 0.0611. The number of benzene rings is 1. The van der Waals surface area contributed by atoms with Gasteiger partial charge in [0.25, 0.3) is 0 Å². The van der Waals surface area contributed by atoms with Crippen LogP contribution in [0.1, 0.15) is 51.5 Å². The third kappa shape index (κ3) is 4.74. The van der Waals surface area contributed by atoms with E-state index in [1.807, 2.05) is 12.1 Å². The number of aliphatic hydroxyl groups is 1. The Morgan fingerprint density at radius 3 is 2.14 bits per heavy atom. The monoisotopic (exact) mass is 290 g/mol. The lowest BCUT2D eigenvalue weighted by Gasteiger charge is -2.33. The Bertz CT molecular complexity index is 402. The van der Waals surface area contributed by atoms with Gasteiger partial charge in [0.15, 0.2) is 0 Å². The summed E-state index contributed by atoms with van der Waals surface area (Å²) >= 11 is 0. The maximum Gasteiger partial charge on any atom is 0.118 e. The van der Waals surface area contributed by atoms with Crippen molar-refractivity contribution in [3.8, 4) is 5.75 Å². The van der Waals surface area contributed by atoms with Crippen molar-refractivity contribution in [2.75, 3.05) is 7.11 Å². The fourth-order valence-corrected chi connectivity index (χ4v) is 3.54. The predicted octanol–water partition coefficient (Wildman–Crippen LogP) is 4.45. The highest BCUT2D eigenvalue weighted by Gasteiger charge is 2.27. The van der Waals surface area contributed by atoms with Crippen LogP contribution in [0.2, 0.25) is 0 Å². The molecule has 2 rings (SSSR count). The Hall–Kier alpha value is -1.02. The molecule has 1 saturated carbocycles. The van der Waals surface area contributed by atoms with Crippen molar-refractivity contribution in [2.24, 2.45) is 17.8 Å². The van der Waals surface area contributed by atoms with Crippen LogP contribution in [0.15, 0.2) is 24.3 Å². The molecule has 0 heterocycles. The van der Waals surface area contributed by atoms with Gasteiger partial charge in [0, 0.05) is 0 Å². The molecular formula is C19H30O2. The molecule has 0 radical (unpaired) electrons. The van der Waals surface area contributed by atoms with Crippen LogP contribution in [0.25, 0.3) is 0 Å². The van der Waals surface area contributed by atoms with E-state index < -0.39 is 0 Å². The van der Waals surface area contributed by atoms with Gasteiger partial charge >= 0.3 is 0 Å². The second-order valence-electron chi connectivity index (χ2n) is 6.87. The topological polar surface area (TPSA) is 29.5 Å². The van der Waals surface area contributed by atoms with Crippen LogP contribution in [-0.2, 0) is 6.42 Å². The van der Waals surface area contributed by atoms with Crippen LogP contribution < -0.4 is 4.74 Å². The van der Waals surface area contributed by atoms with Gasteiger partial charge in [-0.3, -0.25) is 0 Å². The molecule has 0 amide bonds. The van der Waals surface area contributed by atoms with Crippen LogP contribution in [-0.4, -0.2) is 18.3 Å². The molecular weight excluding hydrogens is 260 g/mol. The summed E-state index contributed by atoms with van der Waals surface area (Å²) in [6.45, 7) is 4.65. The van der Waals surface area contributed by atoms with Crippen molar-refractivity contribution < 1.29 is 9.84 Å². The molecule has 21 heavy (non-hydrogen) atoms. The molecule has 1 atom stereocenters. The molecule has 1 aliphatic carbocycles. The highest BCUT2D eigenvalue weighted by molar-refractivity contribution is 5.27. The SMILES string of the molecule is COc1ccc(CCC(O)C2CCC(C(C)C)CC2)cc1. The van der Waals surface area contributed by atoms with Crippen molar-refractivity contribution >= 4 is 0 Å². The molecule has 0 aliphatic heterocycles. The van der Waals surface area contributed by atoms with Gasteiger partial charge in [0.2, 0.25) is 0 Å². The molecule has 1 aromatic carbocycles. The highest BCUT2D eigenvalue weighted by Crippen LogP contribution is 2.35. The maximum atomic E-state index is 10.4. The van der Waals surface area contributed by atoms with Gasteiger partial charge in [0.05, 0.1) is 13.2 Å². The van der Waals surface area contributed by atoms with E-state index in [0.29, 0.717) is 5.92 Å². The van der Waals surface area contributed by atoms with Crippen molar-refractivity contribution in [1.82, 2.24) is 0 Å². The second-order valence-corrected chi connectivity index (χ2v) is 6.87. The lowest BCUT2D eigenvalue weighted by atomic mass is 9.74. The average Bonchev–Trinajstić information content (AvgIpc) is 2.53. The predicted molar refractivity (Wildman–Crippen MR) is 87.6 cm³/mol. The van der Waals surface area contributed by atoms with Crippen molar-refractivity contribution in [3.05, 3.63) is 29.8 Å². The molecule has 0 bridgehead atoms. The molecule has 0 aromatic heterocycles. The molecule has 0 spiro atoms. The second kappa shape index (κ2) is 7.84. The number of hydrogen-bond donors (Lipinski definition) is 1. The first-order valence-electron chi connectivity index (χ1n) is 8.41. The lowest BCUT2D eigenvalue weighted by Crippen LogP contribution is -2.27. The van der Waals surface area contributed by atoms with E-state index in [9.17, 15) is 5.11 Å². The largest absolute Gasteiger partial charge is 0.497 e. The van der Waals surface area contributed by atoms with Gasteiger partial charge in [-0.25, -0.2) is 0 Å². The van der Waals surface area contributed by atoms with Crippen LogP contribution in [0, 0.1) is 17.8 Å². The molecule has 2 nitrogen and oxygen atoms in total. The number of aryl methyl sites for hydroxylation is 1. The van der Waals surface area contributed by atoms with Gasteiger partial charge in [-0.1, -0.05) is 26.0 Å². The van der Waals surface area contributed by atoms with Gasteiger partial charge in [-0.05, 0) is 74.0 Å². The zero-order valence-electron chi connectivity index (χ0n) is 13.7. The van der Waals surface area contributed by atoms with Gasteiger partial charge in [0.1, 0.15) is 5.75 Å². The Labute approximate surface area is 129 Å². The summed E-state index contributed by atoms with van der Waals surface area (Å²) in [5, 5.41) is 10.4. The van der Waals surface area contributed by atoms with Gasteiger partial charge in [-0.2, -0.15) is 0 Å². The Morgan fingerprint density at radius 2 is 1.62 bits per heavy atom. The van der Waals surface area contributed by atoms with E-state index >= 15 is 0 Å². The fraction of sp³-hybridized carbons (Fsp3) is 0.684. The summed E-state index contributed by atoms with van der Waals surface area (Å²) in [7, 11) is 1.69. The molecule has 1 fully saturated rings. The average molecular weight is 290 g/mol. The first kappa shape index (κ1) is 16.4. The number of hydrogen-bond acceptors (Lipinski definition) is 2. The smallest absolute Gasteiger partial charge is 0.118 e. The molecule has 118 valence electrons. The quantitative estimate of drug-likeness (QED) is 0.838. The number of methoxy groups -OCH3 is 1. The van der Waals surface area contributed by atoms with E-state index in [0.717, 1.165) is 30.4 Å². The van der Waals surface area contributed by atoms with Crippen LogP contribution >= 0.6 is 0 Å². The number of ether oxygens (including phenoxy) is 1.